The molecule has 0 radical (unpaired) electrons. The molecule has 22 heavy (non-hydrogen) atoms. The number of para-hydroxylation sites is 1. The van der Waals surface area contributed by atoms with Crippen molar-refractivity contribution in [3.8, 4) is 0 Å². The molecule has 0 unspecified atom stereocenters. The zero-order valence-corrected chi connectivity index (χ0v) is 13.8. The fourth-order valence-electron chi connectivity index (χ4n) is 3.23. The molecule has 1 aliphatic heterocycles. The standard InChI is InChI=1S/C18H25N3O/c1-12(2)21-10-17(18(11-21)22-4)20-16-9-13(3)19-15-8-6-5-7-14(15)16/h5-9,12,17-18H,10-11H2,1-4H3,(H,19,20)/t17-,18-/m0/s1. The van der Waals surface area contributed by atoms with E-state index in [2.05, 4.69) is 53.3 Å². The third-order valence-corrected chi connectivity index (χ3v) is 4.51. The fourth-order valence-corrected chi connectivity index (χ4v) is 3.23. The maximum Gasteiger partial charge on any atom is 0.0911 e. The van der Waals surface area contributed by atoms with Gasteiger partial charge in [0.25, 0.3) is 0 Å². The molecule has 1 fully saturated rings. The lowest BCUT2D eigenvalue weighted by Gasteiger charge is -2.21. The van der Waals surface area contributed by atoms with Crippen LogP contribution >= 0.6 is 0 Å². The molecule has 1 saturated heterocycles. The largest absolute Gasteiger partial charge is 0.378 e. The summed E-state index contributed by atoms with van der Waals surface area (Å²) < 4.78 is 5.70. The Morgan fingerprint density at radius 3 is 2.77 bits per heavy atom. The first-order chi connectivity index (χ1) is 10.6. The predicted molar refractivity (Wildman–Crippen MR) is 91.4 cm³/mol. The molecule has 3 rings (SSSR count). The molecule has 1 N–H and O–H groups in total. The summed E-state index contributed by atoms with van der Waals surface area (Å²) >= 11 is 0. The molecule has 0 saturated carbocycles. The van der Waals surface area contributed by atoms with Crippen molar-refractivity contribution in [2.75, 3.05) is 25.5 Å². The van der Waals surface area contributed by atoms with Gasteiger partial charge in [-0.2, -0.15) is 0 Å². The molecule has 2 heterocycles. The Hall–Kier alpha value is -1.65. The Morgan fingerprint density at radius 1 is 1.27 bits per heavy atom. The second kappa shape index (κ2) is 6.23. The van der Waals surface area contributed by atoms with Crippen LogP contribution in [-0.4, -0.2) is 48.3 Å². The summed E-state index contributed by atoms with van der Waals surface area (Å²) in [5.74, 6) is 0. The molecule has 0 amide bonds. The van der Waals surface area contributed by atoms with Crippen molar-refractivity contribution < 1.29 is 4.74 Å². The van der Waals surface area contributed by atoms with Gasteiger partial charge in [0.2, 0.25) is 0 Å². The minimum atomic E-state index is 0.217. The number of rotatable bonds is 4. The third-order valence-electron chi connectivity index (χ3n) is 4.51. The maximum atomic E-state index is 5.70. The van der Waals surface area contributed by atoms with Crippen LogP contribution in [0.3, 0.4) is 0 Å². The number of hydrogen-bond acceptors (Lipinski definition) is 4. The highest BCUT2D eigenvalue weighted by atomic mass is 16.5. The number of anilines is 1. The van der Waals surface area contributed by atoms with E-state index >= 15 is 0 Å². The topological polar surface area (TPSA) is 37.4 Å². The maximum absolute atomic E-state index is 5.70. The Kier molecular flexibility index (Phi) is 4.32. The molecule has 0 bridgehead atoms. The Labute approximate surface area is 132 Å². The van der Waals surface area contributed by atoms with E-state index in [1.54, 1.807) is 7.11 Å². The number of likely N-dealkylation sites (tertiary alicyclic amines) is 1. The second-order valence-corrected chi connectivity index (χ2v) is 6.40. The van der Waals surface area contributed by atoms with Crippen LogP contribution in [0.2, 0.25) is 0 Å². The van der Waals surface area contributed by atoms with E-state index in [0.717, 1.165) is 30.0 Å². The molecule has 2 atom stereocenters. The van der Waals surface area contributed by atoms with Gasteiger partial charge in [-0.05, 0) is 32.9 Å². The average molecular weight is 299 g/mol. The van der Waals surface area contributed by atoms with Gasteiger partial charge in [-0.1, -0.05) is 18.2 Å². The monoisotopic (exact) mass is 299 g/mol. The summed E-state index contributed by atoms with van der Waals surface area (Å²) in [6.45, 7) is 8.50. The molecule has 4 heteroatoms. The average Bonchev–Trinajstić information content (AvgIpc) is 2.90. The van der Waals surface area contributed by atoms with Crippen LogP contribution in [0, 0.1) is 6.92 Å². The van der Waals surface area contributed by atoms with E-state index in [-0.39, 0.29) is 6.10 Å². The van der Waals surface area contributed by atoms with E-state index in [1.165, 1.54) is 5.39 Å². The van der Waals surface area contributed by atoms with Crippen LogP contribution in [0.1, 0.15) is 19.5 Å². The number of hydrogen-bond donors (Lipinski definition) is 1. The number of methoxy groups -OCH3 is 1. The van der Waals surface area contributed by atoms with Gasteiger partial charge in [-0.15, -0.1) is 0 Å². The first kappa shape index (κ1) is 15.3. The van der Waals surface area contributed by atoms with E-state index in [4.69, 9.17) is 4.74 Å². The van der Waals surface area contributed by atoms with Crippen molar-refractivity contribution in [2.24, 2.45) is 0 Å². The molecular formula is C18H25N3O. The van der Waals surface area contributed by atoms with Gasteiger partial charge in [-0.3, -0.25) is 9.88 Å². The summed E-state index contributed by atoms with van der Waals surface area (Å²) in [5.41, 5.74) is 3.23. The smallest absolute Gasteiger partial charge is 0.0911 e. The van der Waals surface area contributed by atoms with Gasteiger partial charge in [0.05, 0.1) is 17.7 Å². The number of pyridine rings is 1. The number of nitrogens with one attached hydrogen (secondary N) is 1. The highest BCUT2D eigenvalue weighted by molar-refractivity contribution is 5.91. The number of ether oxygens (including phenoxy) is 1. The molecule has 4 nitrogen and oxygen atoms in total. The van der Waals surface area contributed by atoms with Crippen LogP contribution < -0.4 is 5.32 Å². The van der Waals surface area contributed by atoms with Gasteiger partial charge in [0, 0.05) is 43.0 Å². The van der Waals surface area contributed by atoms with E-state index < -0.39 is 0 Å². The van der Waals surface area contributed by atoms with Crippen molar-refractivity contribution in [3.05, 3.63) is 36.0 Å². The first-order valence-corrected chi connectivity index (χ1v) is 7.98. The summed E-state index contributed by atoms with van der Waals surface area (Å²) in [6.07, 6.45) is 0.217. The Bertz CT molecular complexity index is 656. The van der Waals surface area contributed by atoms with Crippen LogP contribution in [-0.2, 0) is 4.74 Å². The van der Waals surface area contributed by atoms with Crippen molar-refractivity contribution in [1.82, 2.24) is 9.88 Å². The van der Waals surface area contributed by atoms with Crippen molar-refractivity contribution in [3.63, 3.8) is 0 Å². The van der Waals surface area contributed by atoms with Crippen molar-refractivity contribution in [2.45, 2.75) is 39.0 Å². The van der Waals surface area contributed by atoms with Gasteiger partial charge in [0.15, 0.2) is 0 Å². The summed E-state index contributed by atoms with van der Waals surface area (Å²) in [5, 5.41) is 4.88. The fraction of sp³-hybridized carbons (Fsp3) is 0.500. The molecule has 0 spiro atoms. The molecule has 1 aliphatic rings. The van der Waals surface area contributed by atoms with E-state index in [1.807, 2.05) is 13.0 Å². The number of aryl methyl sites for hydroxylation is 1. The summed E-state index contributed by atoms with van der Waals surface area (Å²) in [6, 6.07) is 11.3. The first-order valence-electron chi connectivity index (χ1n) is 7.98. The number of aromatic nitrogens is 1. The van der Waals surface area contributed by atoms with Crippen LogP contribution in [0.15, 0.2) is 30.3 Å². The Balaban J connectivity index is 1.89. The quantitative estimate of drug-likeness (QED) is 0.941. The lowest BCUT2D eigenvalue weighted by atomic mass is 10.1. The molecule has 1 aromatic carbocycles. The molecule has 0 aliphatic carbocycles. The van der Waals surface area contributed by atoms with E-state index in [0.29, 0.717) is 12.1 Å². The third kappa shape index (κ3) is 2.94. The van der Waals surface area contributed by atoms with Gasteiger partial charge in [-0.25, -0.2) is 0 Å². The molecule has 2 aromatic rings. The van der Waals surface area contributed by atoms with Crippen LogP contribution in [0.5, 0.6) is 0 Å². The summed E-state index contributed by atoms with van der Waals surface area (Å²) in [4.78, 5) is 7.07. The number of fused-ring (bicyclic) bond motifs is 1. The minimum absolute atomic E-state index is 0.217. The minimum Gasteiger partial charge on any atom is -0.378 e. The zero-order valence-electron chi connectivity index (χ0n) is 13.8. The lowest BCUT2D eigenvalue weighted by Crippen LogP contribution is -2.34. The van der Waals surface area contributed by atoms with Gasteiger partial charge < -0.3 is 10.1 Å². The zero-order chi connectivity index (χ0) is 15.7. The number of nitrogens with zero attached hydrogens (tertiary/aromatic N) is 2. The van der Waals surface area contributed by atoms with Gasteiger partial charge >= 0.3 is 0 Å². The molecular weight excluding hydrogens is 274 g/mol. The van der Waals surface area contributed by atoms with Gasteiger partial charge in [0.1, 0.15) is 0 Å². The molecule has 118 valence electrons. The summed E-state index contributed by atoms with van der Waals surface area (Å²) in [7, 11) is 1.80. The SMILES string of the molecule is CO[C@H]1CN(C(C)C)C[C@@H]1Nc1cc(C)nc2ccccc12. The highest BCUT2D eigenvalue weighted by Gasteiger charge is 2.34. The highest BCUT2D eigenvalue weighted by Crippen LogP contribution is 2.26. The number of benzene rings is 1. The van der Waals surface area contributed by atoms with Crippen molar-refractivity contribution >= 4 is 16.6 Å². The predicted octanol–water partition coefficient (Wildman–Crippen LogP) is 3.06. The Morgan fingerprint density at radius 2 is 2.05 bits per heavy atom. The van der Waals surface area contributed by atoms with Crippen LogP contribution in [0.25, 0.3) is 10.9 Å². The normalized spacial score (nSPS) is 22.6. The van der Waals surface area contributed by atoms with Crippen LogP contribution in [0.4, 0.5) is 5.69 Å². The molecule has 1 aromatic heterocycles. The van der Waals surface area contributed by atoms with Crippen molar-refractivity contribution in [1.29, 1.82) is 0 Å². The second-order valence-electron chi connectivity index (χ2n) is 6.40. The van der Waals surface area contributed by atoms with E-state index in [9.17, 15) is 0 Å². The lowest BCUT2D eigenvalue weighted by molar-refractivity contribution is 0.0983.